The Morgan fingerprint density at radius 1 is 1.43 bits per heavy atom. The van der Waals surface area contributed by atoms with Crippen molar-refractivity contribution in [2.24, 2.45) is 0 Å². The quantitative estimate of drug-likeness (QED) is 0.698. The van der Waals surface area contributed by atoms with Gasteiger partial charge in [-0.15, -0.1) is 0 Å². The van der Waals surface area contributed by atoms with Crippen LogP contribution in [-0.2, 0) is 4.79 Å². The molecule has 0 bridgehead atoms. The van der Waals surface area contributed by atoms with E-state index in [1.165, 1.54) is 6.92 Å². The van der Waals surface area contributed by atoms with Gasteiger partial charge in [0.25, 0.3) is 0 Å². The Hall–Kier alpha value is -1.61. The van der Waals surface area contributed by atoms with Crippen LogP contribution in [-0.4, -0.2) is 10.9 Å². The topological polar surface area (TPSA) is 49.3 Å². The first-order valence-corrected chi connectivity index (χ1v) is 4.44. The number of hydrogen-bond acceptors (Lipinski definition) is 3. The number of fused-ring (bicyclic) bond motifs is 1. The summed E-state index contributed by atoms with van der Waals surface area (Å²) in [5.41, 5.74) is 2.18. The molecule has 1 unspecified atom stereocenters. The van der Waals surface area contributed by atoms with Crippen LogP contribution in [0.3, 0.4) is 0 Å². The number of Topliss-reactive ketones (excluding diaryl/α,β-unsaturated/α-hetero) is 1. The van der Waals surface area contributed by atoms with E-state index in [9.17, 15) is 9.90 Å². The van der Waals surface area contributed by atoms with Gasteiger partial charge in [-0.3, -0.25) is 4.79 Å². The van der Waals surface area contributed by atoms with Crippen molar-refractivity contribution in [3.05, 3.63) is 41.6 Å². The monoisotopic (exact) mass is 189 g/mol. The predicted molar refractivity (Wildman–Crippen MR) is 53.2 cm³/mol. The van der Waals surface area contributed by atoms with Crippen LogP contribution in [0.5, 0.6) is 0 Å². The summed E-state index contributed by atoms with van der Waals surface area (Å²) in [4.78, 5) is 11.3. The second-order valence-electron chi connectivity index (χ2n) is 3.27. The van der Waals surface area contributed by atoms with E-state index < -0.39 is 6.23 Å². The molecule has 0 saturated heterocycles. The van der Waals surface area contributed by atoms with Gasteiger partial charge in [0.05, 0.1) is 0 Å². The summed E-state index contributed by atoms with van der Waals surface area (Å²) >= 11 is 0. The Morgan fingerprint density at radius 3 is 2.86 bits per heavy atom. The minimum absolute atomic E-state index is 0.00292. The molecule has 72 valence electrons. The highest BCUT2D eigenvalue weighted by atomic mass is 16.3. The molecule has 1 aromatic rings. The van der Waals surface area contributed by atoms with E-state index in [4.69, 9.17) is 0 Å². The number of carbonyl (C=O) groups is 1. The van der Waals surface area contributed by atoms with Crippen molar-refractivity contribution in [1.29, 1.82) is 0 Å². The lowest BCUT2D eigenvalue weighted by molar-refractivity contribution is -0.111. The second kappa shape index (κ2) is 3.27. The minimum atomic E-state index is -0.714. The number of benzene rings is 1. The maximum absolute atomic E-state index is 11.3. The normalized spacial score (nSPS) is 19.3. The van der Waals surface area contributed by atoms with Gasteiger partial charge in [-0.2, -0.15) is 0 Å². The Morgan fingerprint density at radius 2 is 2.14 bits per heavy atom. The molecule has 0 aliphatic carbocycles. The van der Waals surface area contributed by atoms with Crippen LogP contribution in [0.4, 0.5) is 0 Å². The average Bonchev–Trinajstić information content (AvgIpc) is 2.18. The lowest BCUT2D eigenvalue weighted by Crippen LogP contribution is -2.22. The first-order chi connectivity index (χ1) is 6.70. The summed E-state index contributed by atoms with van der Waals surface area (Å²) < 4.78 is 0. The van der Waals surface area contributed by atoms with Crippen LogP contribution in [0.1, 0.15) is 24.3 Å². The van der Waals surface area contributed by atoms with Crippen LogP contribution >= 0.6 is 0 Å². The van der Waals surface area contributed by atoms with Gasteiger partial charge in [-0.05, 0) is 12.5 Å². The molecule has 0 spiro atoms. The number of aliphatic hydroxyl groups is 1. The van der Waals surface area contributed by atoms with Gasteiger partial charge in [0.15, 0.2) is 12.0 Å². The van der Waals surface area contributed by atoms with Gasteiger partial charge in [0, 0.05) is 17.3 Å². The lowest BCUT2D eigenvalue weighted by atomic mass is 9.94. The van der Waals surface area contributed by atoms with Crippen molar-refractivity contribution >= 4 is 11.4 Å². The Bertz CT molecular complexity index is 410. The third-order valence-electron chi connectivity index (χ3n) is 2.31. The maximum Gasteiger partial charge on any atom is 0.161 e. The molecule has 0 fully saturated rings. The molecule has 2 rings (SSSR count). The largest absolute Gasteiger partial charge is 0.369 e. The van der Waals surface area contributed by atoms with Crippen molar-refractivity contribution in [2.75, 3.05) is 0 Å². The zero-order valence-corrected chi connectivity index (χ0v) is 7.82. The number of hydrogen-bond donors (Lipinski definition) is 2. The molecule has 1 aliphatic rings. The molecule has 0 aromatic heterocycles. The highest BCUT2D eigenvalue weighted by Gasteiger charge is 2.20. The number of carbonyl (C=O) groups excluding carboxylic acids is 1. The van der Waals surface area contributed by atoms with Crippen molar-refractivity contribution < 1.29 is 9.90 Å². The van der Waals surface area contributed by atoms with Gasteiger partial charge in [0.2, 0.25) is 0 Å². The molecular formula is C11H11NO2. The summed E-state index contributed by atoms with van der Waals surface area (Å²) in [6.45, 7) is 1.52. The predicted octanol–water partition coefficient (Wildman–Crippen LogP) is 1.21. The zero-order valence-electron chi connectivity index (χ0n) is 7.82. The zero-order chi connectivity index (χ0) is 10.1. The summed E-state index contributed by atoms with van der Waals surface area (Å²) in [5.74, 6) is -0.00292. The van der Waals surface area contributed by atoms with Crippen LogP contribution in [0.2, 0.25) is 0 Å². The van der Waals surface area contributed by atoms with E-state index in [1.54, 1.807) is 6.20 Å². The van der Waals surface area contributed by atoms with Crippen molar-refractivity contribution in [3.8, 4) is 0 Å². The standard InChI is InChI=1S/C11H11NO2/c1-7(13)10-6-12-11(14)9-5-3-2-4-8(9)10/h2-6,11-12,14H,1H3. The number of rotatable bonds is 1. The van der Waals surface area contributed by atoms with E-state index in [1.807, 2.05) is 24.3 Å². The molecule has 3 nitrogen and oxygen atoms in total. The van der Waals surface area contributed by atoms with Crippen LogP contribution in [0, 0.1) is 0 Å². The maximum atomic E-state index is 11.3. The van der Waals surface area contributed by atoms with Crippen LogP contribution < -0.4 is 5.32 Å². The summed E-state index contributed by atoms with van der Waals surface area (Å²) in [6.07, 6.45) is 0.851. The van der Waals surface area contributed by atoms with E-state index in [0.29, 0.717) is 5.57 Å². The van der Waals surface area contributed by atoms with Gasteiger partial charge in [0.1, 0.15) is 0 Å². The number of ketones is 1. The van der Waals surface area contributed by atoms with Gasteiger partial charge in [-0.25, -0.2) is 0 Å². The molecule has 2 N–H and O–H groups in total. The summed E-state index contributed by atoms with van der Waals surface area (Å²) in [7, 11) is 0. The minimum Gasteiger partial charge on any atom is -0.369 e. The average molecular weight is 189 g/mol. The molecule has 1 atom stereocenters. The Kier molecular flexibility index (Phi) is 2.09. The fraction of sp³-hybridized carbons (Fsp3) is 0.182. The molecule has 3 heteroatoms. The SMILES string of the molecule is CC(=O)C1=CNC(O)c2ccccc21. The highest BCUT2D eigenvalue weighted by Crippen LogP contribution is 2.27. The van der Waals surface area contributed by atoms with Crippen LogP contribution in [0.25, 0.3) is 5.57 Å². The first kappa shape index (κ1) is 8.97. The lowest BCUT2D eigenvalue weighted by Gasteiger charge is -2.22. The van der Waals surface area contributed by atoms with E-state index in [2.05, 4.69) is 5.32 Å². The Labute approximate surface area is 82.1 Å². The van der Waals surface area contributed by atoms with Crippen LogP contribution in [0.15, 0.2) is 30.5 Å². The molecule has 14 heavy (non-hydrogen) atoms. The van der Waals surface area contributed by atoms with Crippen molar-refractivity contribution in [3.63, 3.8) is 0 Å². The van der Waals surface area contributed by atoms with E-state index >= 15 is 0 Å². The van der Waals surface area contributed by atoms with E-state index in [0.717, 1.165) is 11.1 Å². The fourth-order valence-electron chi connectivity index (χ4n) is 1.60. The third kappa shape index (κ3) is 1.32. The van der Waals surface area contributed by atoms with Gasteiger partial charge >= 0.3 is 0 Å². The molecule has 1 heterocycles. The molecular weight excluding hydrogens is 178 g/mol. The smallest absolute Gasteiger partial charge is 0.161 e. The second-order valence-corrected chi connectivity index (χ2v) is 3.27. The molecule has 0 amide bonds. The fourth-order valence-corrected chi connectivity index (χ4v) is 1.60. The van der Waals surface area contributed by atoms with E-state index in [-0.39, 0.29) is 5.78 Å². The molecule has 1 aromatic carbocycles. The number of aliphatic hydroxyl groups excluding tert-OH is 1. The third-order valence-corrected chi connectivity index (χ3v) is 2.31. The Balaban J connectivity index is 2.56. The molecule has 0 saturated carbocycles. The number of nitrogens with one attached hydrogen (secondary N) is 1. The van der Waals surface area contributed by atoms with Crippen molar-refractivity contribution in [1.82, 2.24) is 5.32 Å². The van der Waals surface area contributed by atoms with Gasteiger partial charge < -0.3 is 10.4 Å². The number of allylic oxidation sites excluding steroid dienone is 1. The summed E-state index contributed by atoms with van der Waals surface area (Å²) in [6, 6.07) is 7.34. The first-order valence-electron chi connectivity index (χ1n) is 4.44. The molecule has 1 aliphatic heterocycles. The highest BCUT2D eigenvalue weighted by molar-refractivity contribution is 6.20. The van der Waals surface area contributed by atoms with Crippen molar-refractivity contribution in [2.45, 2.75) is 13.2 Å². The van der Waals surface area contributed by atoms with Gasteiger partial charge in [-0.1, -0.05) is 24.3 Å². The molecule has 0 radical (unpaired) electrons. The summed E-state index contributed by atoms with van der Waals surface area (Å²) in [5, 5.41) is 12.3.